The van der Waals surface area contributed by atoms with Crippen LogP contribution in [-0.4, -0.2) is 44.1 Å². The Morgan fingerprint density at radius 3 is 2.39 bits per heavy atom. The van der Waals surface area contributed by atoms with Crippen molar-refractivity contribution in [1.82, 2.24) is 15.2 Å². The highest BCUT2D eigenvalue weighted by Gasteiger charge is 2.68. The Bertz CT molecular complexity index is 1700. The van der Waals surface area contributed by atoms with Crippen molar-refractivity contribution in [2.75, 3.05) is 0 Å². The van der Waals surface area contributed by atoms with Crippen LogP contribution in [0.15, 0.2) is 40.1 Å². The Balaban J connectivity index is 1.30. The summed E-state index contributed by atoms with van der Waals surface area (Å²) in [6.45, 7) is 19.5. The smallest absolute Gasteiger partial charge is 0.309 e. The molecule has 0 radical (unpaired) electrons. The molecule has 4 aliphatic carbocycles. The predicted molar refractivity (Wildman–Crippen MR) is 194 cm³/mol. The Labute approximate surface area is 303 Å². The van der Waals surface area contributed by atoms with Crippen LogP contribution < -0.4 is 0 Å². The van der Waals surface area contributed by atoms with Gasteiger partial charge < -0.3 is 14.3 Å². The van der Waals surface area contributed by atoms with Crippen molar-refractivity contribution in [1.29, 1.82) is 0 Å². The lowest BCUT2D eigenvalue weighted by atomic mass is 9.35. The first-order chi connectivity index (χ1) is 23.9. The molecule has 0 spiro atoms. The highest BCUT2D eigenvalue weighted by molar-refractivity contribution is 6.01. The average molecular weight is 702 g/mol. The van der Waals surface area contributed by atoms with Crippen molar-refractivity contribution in [3.05, 3.63) is 41.6 Å². The number of fused-ring (bicyclic) bond motifs is 5. The number of Topliss-reactive ketones (excluding diaryl/α,β-unsaturated/α-hetero) is 1. The van der Waals surface area contributed by atoms with E-state index in [1.807, 2.05) is 19.1 Å². The van der Waals surface area contributed by atoms with Crippen LogP contribution in [0.5, 0.6) is 0 Å². The molecule has 4 aliphatic rings. The van der Waals surface area contributed by atoms with E-state index in [9.17, 15) is 19.5 Å². The third-order valence-corrected chi connectivity index (χ3v) is 14.9. The van der Waals surface area contributed by atoms with Gasteiger partial charge in [0.15, 0.2) is 5.78 Å². The number of carbonyl (C=O) groups is 3. The summed E-state index contributed by atoms with van der Waals surface area (Å²) in [5.41, 5.74) is 1.44. The van der Waals surface area contributed by atoms with Crippen LogP contribution in [0.1, 0.15) is 139 Å². The summed E-state index contributed by atoms with van der Waals surface area (Å²) in [5, 5.41) is 18.7. The molecule has 9 nitrogen and oxygen atoms in total. The molecule has 6 rings (SSSR count). The Hall–Kier alpha value is -3.36. The Kier molecular flexibility index (Phi) is 9.71. The van der Waals surface area contributed by atoms with Gasteiger partial charge in [0.2, 0.25) is 11.8 Å². The van der Waals surface area contributed by atoms with Crippen LogP contribution in [0, 0.1) is 45.3 Å². The fourth-order valence-corrected chi connectivity index (χ4v) is 11.3. The molecule has 2 heterocycles. The lowest BCUT2D eigenvalue weighted by Crippen LogP contribution is -2.62. The van der Waals surface area contributed by atoms with Gasteiger partial charge in [0.25, 0.3) is 0 Å². The summed E-state index contributed by atoms with van der Waals surface area (Å²) in [6.07, 6.45) is 12.0. The molecule has 8 atom stereocenters. The zero-order valence-electron chi connectivity index (χ0n) is 32.3. The van der Waals surface area contributed by atoms with Gasteiger partial charge in [-0.3, -0.25) is 19.4 Å². The van der Waals surface area contributed by atoms with E-state index in [2.05, 4.69) is 56.7 Å². The van der Waals surface area contributed by atoms with Gasteiger partial charge in [0.05, 0.1) is 17.3 Å². The number of allylic oxidation sites excluding steroid dienone is 2. The molecule has 2 aromatic rings. The molecule has 0 aromatic carbocycles. The first kappa shape index (κ1) is 37.4. The van der Waals surface area contributed by atoms with Crippen molar-refractivity contribution in [2.45, 2.75) is 144 Å². The number of rotatable bonds is 11. The molecule has 51 heavy (non-hydrogen) atoms. The zero-order valence-corrected chi connectivity index (χ0v) is 32.3. The molecule has 0 unspecified atom stereocenters. The summed E-state index contributed by atoms with van der Waals surface area (Å²) in [6, 6.07) is 3.75. The van der Waals surface area contributed by atoms with Crippen molar-refractivity contribution in [3.63, 3.8) is 0 Å². The Morgan fingerprint density at radius 2 is 1.75 bits per heavy atom. The number of ketones is 1. The largest absolute Gasteiger partial charge is 0.481 e. The van der Waals surface area contributed by atoms with E-state index in [4.69, 9.17) is 9.15 Å². The van der Waals surface area contributed by atoms with E-state index < -0.39 is 22.8 Å². The van der Waals surface area contributed by atoms with Crippen LogP contribution >= 0.6 is 0 Å². The van der Waals surface area contributed by atoms with Gasteiger partial charge in [-0.1, -0.05) is 48.5 Å². The number of pyridine rings is 1. The Morgan fingerprint density at radius 1 is 1.04 bits per heavy atom. The fraction of sp³-hybridized carbons (Fsp3) is 0.714. The summed E-state index contributed by atoms with van der Waals surface area (Å²) in [7, 11) is 0. The van der Waals surface area contributed by atoms with Gasteiger partial charge in [0, 0.05) is 24.4 Å². The number of aromatic nitrogens is 3. The number of carbonyl (C=O) groups excluding carboxylic acids is 2. The average Bonchev–Trinajstić information content (AvgIpc) is 3.69. The van der Waals surface area contributed by atoms with Gasteiger partial charge in [-0.05, 0) is 135 Å². The van der Waals surface area contributed by atoms with Crippen LogP contribution in [0.4, 0.5) is 0 Å². The van der Waals surface area contributed by atoms with E-state index in [1.54, 1.807) is 26.2 Å². The van der Waals surface area contributed by atoms with E-state index in [-0.39, 0.29) is 46.4 Å². The maximum absolute atomic E-state index is 14.1. The van der Waals surface area contributed by atoms with E-state index in [0.29, 0.717) is 36.5 Å². The molecule has 0 bridgehead atoms. The summed E-state index contributed by atoms with van der Waals surface area (Å²) in [4.78, 5) is 42.7. The second kappa shape index (κ2) is 13.2. The van der Waals surface area contributed by atoms with Gasteiger partial charge in [-0.25, -0.2) is 0 Å². The number of esters is 1. The SMILES string of the molecule is CC[C@H](CC[C@@]1(C)[C@H](C)CC[C@]2(C)[C@@H]1CC[C@@H]1C3=C(C(C)C)C(=O)C[C@]3(c3nnc(-c4ccncc4)o3)CC[C@]12C)OC(=O)CC(C)(C)C(=O)O. The zero-order chi connectivity index (χ0) is 37.1. The number of hydrogen-bond acceptors (Lipinski definition) is 8. The molecule has 0 amide bonds. The number of nitrogens with zero attached hydrogens (tertiary/aromatic N) is 3. The topological polar surface area (TPSA) is 132 Å². The maximum atomic E-state index is 14.1. The molecule has 3 fully saturated rings. The van der Waals surface area contributed by atoms with Crippen LogP contribution in [0.2, 0.25) is 0 Å². The number of carboxylic acid groups (broad SMARTS) is 1. The third-order valence-electron chi connectivity index (χ3n) is 14.9. The first-order valence-electron chi connectivity index (χ1n) is 19.4. The van der Waals surface area contributed by atoms with Gasteiger partial charge in [-0.2, -0.15) is 0 Å². The van der Waals surface area contributed by atoms with Gasteiger partial charge in [-0.15, -0.1) is 10.2 Å². The minimum atomic E-state index is -1.16. The summed E-state index contributed by atoms with van der Waals surface area (Å²) >= 11 is 0. The van der Waals surface area contributed by atoms with E-state index in [0.717, 1.165) is 62.5 Å². The van der Waals surface area contributed by atoms with Crippen molar-refractivity contribution in [3.8, 4) is 11.5 Å². The minimum absolute atomic E-state index is 0.0199. The second-order valence-electron chi connectivity index (χ2n) is 18.2. The first-order valence-corrected chi connectivity index (χ1v) is 19.4. The van der Waals surface area contributed by atoms with Gasteiger partial charge >= 0.3 is 11.9 Å². The molecule has 3 saturated carbocycles. The van der Waals surface area contributed by atoms with Crippen molar-refractivity contribution < 1.29 is 28.6 Å². The van der Waals surface area contributed by atoms with Crippen molar-refractivity contribution >= 4 is 17.7 Å². The molecule has 1 N–H and O–H groups in total. The lowest BCUT2D eigenvalue weighted by Gasteiger charge is -2.69. The second-order valence-corrected chi connectivity index (χ2v) is 18.2. The minimum Gasteiger partial charge on any atom is -0.481 e. The normalized spacial score (nSPS) is 34.2. The number of carboxylic acids is 1. The quantitative estimate of drug-likeness (QED) is 0.228. The van der Waals surface area contributed by atoms with E-state index in [1.165, 1.54) is 5.57 Å². The molecular formula is C42H59N3O6. The van der Waals surface area contributed by atoms with E-state index >= 15 is 0 Å². The molecule has 2 aromatic heterocycles. The third kappa shape index (κ3) is 5.98. The number of hydrogen-bond donors (Lipinski definition) is 1. The van der Waals surface area contributed by atoms with Crippen LogP contribution in [0.3, 0.4) is 0 Å². The monoisotopic (exact) mass is 701 g/mol. The molecule has 0 aliphatic heterocycles. The predicted octanol–water partition coefficient (Wildman–Crippen LogP) is 9.17. The maximum Gasteiger partial charge on any atom is 0.309 e. The number of aliphatic carboxylic acids is 1. The molecular weight excluding hydrogens is 642 g/mol. The molecule has 9 heteroatoms. The number of ether oxygens (including phenoxy) is 1. The highest BCUT2D eigenvalue weighted by atomic mass is 16.5. The van der Waals surface area contributed by atoms with Gasteiger partial charge in [0.1, 0.15) is 6.10 Å². The lowest BCUT2D eigenvalue weighted by molar-refractivity contribution is -0.184. The molecule has 0 saturated heterocycles. The highest BCUT2D eigenvalue weighted by Crippen LogP contribution is 2.74. The summed E-state index contributed by atoms with van der Waals surface area (Å²) in [5.74, 6) is 1.19. The van der Waals surface area contributed by atoms with Crippen LogP contribution in [-0.2, 0) is 24.5 Å². The molecule has 278 valence electrons. The standard InChI is InChI=1S/C42H59N3O6/c1-10-28(50-32(47)24-38(5,6)37(48)49)14-17-39(7)26(4)13-18-41(9)31(39)12-11-29-34-33(25(2)3)30(46)23-42(34,20-19-40(29,41)8)36-45-44-35(51-36)27-15-21-43-22-16-27/h15-16,21-22,25-26,28-29,31H,10-14,17-20,23-24H2,1-9H3,(H,48,49)/t26-,28-,29-,31-,39+,40-,41-,42-/m1/s1. The summed E-state index contributed by atoms with van der Waals surface area (Å²) < 4.78 is 12.4. The van der Waals surface area contributed by atoms with Crippen LogP contribution in [0.25, 0.3) is 11.5 Å². The van der Waals surface area contributed by atoms with Crippen molar-refractivity contribution in [2.24, 2.45) is 45.3 Å². The fourth-order valence-electron chi connectivity index (χ4n) is 11.3.